The Bertz CT molecular complexity index is 422. The van der Waals surface area contributed by atoms with Crippen molar-refractivity contribution in [2.24, 2.45) is 17.6 Å². The van der Waals surface area contributed by atoms with Crippen LogP contribution in [0.15, 0.2) is 30.3 Å². The first-order valence-corrected chi connectivity index (χ1v) is 7.31. The zero-order chi connectivity index (χ0) is 14.4. The van der Waals surface area contributed by atoms with E-state index in [9.17, 15) is 4.79 Å². The van der Waals surface area contributed by atoms with Crippen LogP contribution in [0.25, 0.3) is 0 Å². The molecular weight excluding hydrogens is 252 g/mol. The molecule has 20 heavy (non-hydrogen) atoms. The van der Waals surface area contributed by atoms with Crippen molar-refractivity contribution in [3.8, 4) is 0 Å². The Hall–Kier alpha value is -1.39. The lowest BCUT2D eigenvalue weighted by atomic mass is 10.1. The molecule has 1 saturated heterocycles. The maximum atomic E-state index is 12.0. The Morgan fingerprint density at radius 2 is 2.20 bits per heavy atom. The van der Waals surface area contributed by atoms with Crippen molar-refractivity contribution in [2.45, 2.75) is 20.0 Å². The summed E-state index contributed by atoms with van der Waals surface area (Å²) in [6.07, 6.45) is 1.03. The van der Waals surface area contributed by atoms with E-state index in [1.165, 1.54) is 5.56 Å². The minimum atomic E-state index is -0.0704. The van der Waals surface area contributed by atoms with Crippen molar-refractivity contribution >= 4 is 5.91 Å². The molecule has 2 atom stereocenters. The number of hydrogen-bond donors (Lipinski definition) is 1. The van der Waals surface area contributed by atoms with Gasteiger partial charge in [-0.15, -0.1) is 0 Å². The molecule has 2 rings (SSSR count). The molecule has 1 aliphatic heterocycles. The largest absolute Gasteiger partial charge is 0.376 e. The summed E-state index contributed by atoms with van der Waals surface area (Å²) in [5.41, 5.74) is 6.74. The summed E-state index contributed by atoms with van der Waals surface area (Å²) >= 11 is 0. The molecule has 1 heterocycles. The van der Waals surface area contributed by atoms with Gasteiger partial charge in [-0.1, -0.05) is 37.3 Å². The van der Waals surface area contributed by atoms with Gasteiger partial charge in [0.2, 0.25) is 5.91 Å². The summed E-state index contributed by atoms with van der Waals surface area (Å²) in [5.74, 6) is 0.560. The van der Waals surface area contributed by atoms with Gasteiger partial charge in [0.05, 0.1) is 13.2 Å². The molecule has 0 spiro atoms. The summed E-state index contributed by atoms with van der Waals surface area (Å²) < 4.78 is 5.76. The third-order valence-corrected chi connectivity index (χ3v) is 3.84. The number of nitrogens with two attached hydrogens (primary N) is 1. The van der Waals surface area contributed by atoms with Crippen LogP contribution < -0.4 is 5.73 Å². The van der Waals surface area contributed by atoms with Crippen molar-refractivity contribution in [3.05, 3.63) is 35.9 Å². The van der Waals surface area contributed by atoms with Crippen LogP contribution in [0, 0.1) is 11.8 Å². The summed E-state index contributed by atoms with van der Waals surface area (Å²) in [7, 11) is 0. The first-order valence-electron chi connectivity index (χ1n) is 7.31. The van der Waals surface area contributed by atoms with Crippen LogP contribution in [0.4, 0.5) is 0 Å². The molecule has 2 N–H and O–H groups in total. The summed E-state index contributed by atoms with van der Waals surface area (Å²) in [6.45, 7) is 5.31. The highest BCUT2D eigenvalue weighted by Crippen LogP contribution is 2.19. The predicted molar refractivity (Wildman–Crippen MR) is 79.0 cm³/mol. The second kappa shape index (κ2) is 7.41. The second-order valence-electron chi connectivity index (χ2n) is 5.58. The van der Waals surface area contributed by atoms with Gasteiger partial charge in [0, 0.05) is 31.5 Å². The fraction of sp³-hybridized carbons (Fsp3) is 0.562. The third-order valence-electron chi connectivity index (χ3n) is 3.84. The molecule has 1 aromatic rings. The molecule has 1 aliphatic rings. The Labute approximate surface area is 120 Å². The maximum Gasteiger partial charge on any atom is 0.226 e. The van der Waals surface area contributed by atoms with Crippen LogP contribution in [0.5, 0.6) is 0 Å². The van der Waals surface area contributed by atoms with Gasteiger partial charge in [-0.05, 0) is 12.0 Å². The first-order chi connectivity index (χ1) is 9.70. The average molecular weight is 276 g/mol. The van der Waals surface area contributed by atoms with Gasteiger partial charge >= 0.3 is 0 Å². The molecule has 4 heteroatoms. The van der Waals surface area contributed by atoms with E-state index >= 15 is 0 Å². The fourth-order valence-electron chi connectivity index (χ4n) is 2.50. The molecule has 1 aromatic carbocycles. The summed E-state index contributed by atoms with van der Waals surface area (Å²) in [5, 5.41) is 0. The topological polar surface area (TPSA) is 55.6 Å². The summed E-state index contributed by atoms with van der Waals surface area (Å²) in [6, 6.07) is 10.2. The van der Waals surface area contributed by atoms with Crippen molar-refractivity contribution in [1.82, 2.24) is 4.90 Å². The SMILES string of the molecule is CC(CN)C(=O)N1CCC(COCc2ccccc2)C1. The molecule has 1 amide bonds. The Morgan fingerprint density at radius 3 is 2.90 bits per heavy atom. The van der Waals surface area contributed by atoms with Crippen LogP contribution in [-0.2, 0) is 16.1 Å². The van der Waals surface area contributed by atoms with Gasteiger partial charge in [0.25, 0.3) is 0 Å². The van der Waals surface area contributed by atoms with Crippen LogP contribution in [0.2, 0.25) is 0 Å². The Morgan fingerprint density at radius 1 is 1.45 bits per heavy atom. The van der Waals surface area contributed by atoms with Gasteiger partial charge < -0.3 is 15.4 Å². The third kappa shape index (κ3) is 4.05. The van der Waals surface area contributed by atoms with E-state index in [-0.39, 0.29) is 11.8 Å². The van der Waals surface area contributed by atoms with E-state index in [2.05, 4.69) is 12.1 Å². The predicted octanol–water partition coefficient (Wildman–Crippen LogP) is 1.65. The lowest BCUT2D eigenvalue weighted by Crippen LogP contribution is -2.36. The molecule has 4 nitrogen and oxygen atoms in total. The molecule has 0 saturated carbocycles. The van der Waals surface area contributed by atoms with Crippen LogP contribution in [-0.4, -0.2) is 37.0 Å². The highest BCUT2D eigenvalue weighted by Gasteiger charge is 2.28. The first kappa shape index (κ1) is 15.0. The monoisotopic (exact) mass is 276 g/mol. The number of nitrogens with zero attached hydrogens (tertiary/aromatic N) is 1. The number of hydrogen-bond acceptors (Lipinski definition) is 3. The number of amides is 1. The molecule has 110 valence electrons. The van der Waals surface area contributed by atoms with E-state index < -0.39 is 0 Å². The maximum absolute atomic E-state index is 12.0. The number of carbonyl (C=O) groups excluding carboxylic acids is 1. The highest BCUT2D eigenvalue weighted by atomic mass is 16.5. The number of rotatable bonds is 6. The molecular formula is C16H24N2O2. The van der Waals surface area contributed by atoms with Gasteiger partial charge in [-0.25, -0.2) is 0 Å². The van der Waals surface area contributed by atoms with E-state index in [4.69, 9.17) is 10.5 Å². The lowest BCUT2D eigenvalue weighted by Gasteiger charge is -2.20. The van der Waals surface area contributed by atoms with E-state index in [1.807, 2.05) is 30.0 Å². The number of likely N-dealkylation sites (tertiary alicyclic amines) is 1. The van der Waals surface area contributed by atoms with Crippen LogP contribution in [0.1, 0.15) is 18.9 Å². The molecule has 0 aromatic heterocycles. The van der Waals surface area contributed by atoms with Crippen LogP contribution in [0.3, 0.4) is 0 Å². The minimum Gasteiger partial charge on any atom is -0.376 e. The van der Waals surface area contributed by atoms with Crippen molar-refractivity contribution in [2.75, 3.05) is 26.2 Å². The second-order valence-corrected chi connectivity index (χ2v) is 5.58. The van der Waals surface area contributed by atoms with Gasteiger partial charge in [-0.2, -0.15) is 0 Å². The smallest absolute Gasteiger partial charge is 0.226 e. The highest BCUT2D eigenvalue weighted by molar-refractivity contribution is 5.78. The Balaban J connectivity index is 1.70. The van der Waals surface area contributed by atoms with Crippen molar-refractivity contribution < 1.29 is 9.53 Å². The molecule has 1 fully saturated rings. The van der Waals surface area contributed by atoms with E-state index in [0.717, 1.165) is 26.1 Å². The van der Waals surface area contributed by atoms with Crippen molar-refractivity contribution in [3.63, 3.8) is 0 Å². The zero-order valence-corrected chi connectivity index (χ0v) is 12.1. The standard InChI is InChI=1S/C16H24N2O2/c1-13(9-17)16(19)18-8-7-15(10-18)12-20-11-14-5-3-2-4-6-14/h2-6,13,15H,7-12,17H2,1H3. The Kier molecular flexibility index (Phi) is 5.56. The number of carbonyl (C=O) groups is 1. The van der Waals surface area contributed by atoms with Crippen molar-refractivity contribution in [1.29, 1.82) is 0 Å². The fourth-order valence-corrected chi connectivity index (χ4v) is 2.50. The minimum absolute atomic E-state index is 0.0704. The van der Waals surface area contributed by atoms with Gasteiger partial charge in [0.15, 0.2) is 0 Å². The van der Waals surface area contributed by atoms with Gasteiger partial charge in [-0.3, -0.25) is 4.79 Å². The van der Waals surface area contributed by atoms with E-state index in [1.54, 1.807) is 0 Å². The van der Waals surface area contributed by atoms with Gasteiger partial charge in [0.1, 0.15) is 0 Å². The summed E-state index contributed by atoms with van der Waals surface area (Å²) in [4.78, 5) is 13.9. The number of ether oxygens (including phenoxy) is 1. The molecule has 2 unspecified atom stereocenters. The van der Waals surface area contributed by atoms with E-state index in [0.29, 0.717) is 19.1 Å². The normalized spacial score (nSPS) is 20.1. The van der Waals surface area contributed by atoms with Crippen LogP contribution >= 0.6 is 0 Å². The molecule has 0 bridgehead atoms. The molecule has 0 radical (unpaired) electrons. The number of benzene rings is 1. The molecule has 0 aliphatic carbocycles. The zero-order valence-electron chi connectivity index (χ0n) is 12.1. The average Bonchev–Trinajstić information content (AvgIpc) is 2.95. The quantitative estimate of drug-likeness (QED) is 0.859. The lowest BCUT2D eigenvalue weighted by molar-refractivity contribution is -0.133.